The minimum absolute atomic E-state index is 0.397. The second-order valence-corrected chi connectivity index (χ2v) is 2.26. The number of amides is 2. The maximum atomic E-state index is 11.9. The molecule has 1 aliphatic heterocycles. The fraction of sp³-hybridized carbons (Fsp3) is 0.600. The average Bonchev–Trinajstić information content (AvgIpc) is 1.92. The lowest BCUT2D eigenvalue weighted by Gasteiger charge is -2.24. The van der Waals surface area contributed by atoms with E-state index in [9.17, 15) is 22.8 Å². The van der Waals surface area contributed by atoms with Crippen LogP contribution in [0, 0.1) is 0 Å². The van der Waals surface area contributed by atoms with Gasteiger partial charge in [0.1, 0.15) is 0 Å². The van der Waals surface area contributed by atoms with Gasteiger partial charge in [0.15, 0.2) is 0 Å². The predicted octanol–water partition coefficient (Wildman–Crippen LogP) is -0.837. The molecule has 2 amide bonds. The molecule has 0 radical (unpaired) electrons. The smallest absolute Gasteiger partial charge is 0.345 e. The molecule has 2 N–H and O–H groups in total. The summed E-state index contributed by atoms with van der Waals surface area (Å²) in [4.78, 5) is 21.0. The molecule has 1 aliphatic rings. The summed E-state index contributed by atoms with van der Waals surface area (Å²) in [6, 6.07) is -2.40. The maximum Gasteiger partial charge on any atom is 0.417 e. The van der Waals surface area contributed by atoms with E-state index in [1.165, 1.54) is 5.32 Å². The molecule has 12 heavy (non-hydrogen) atoms. The molecule has 0 aromatic heterocycles. The molecule has 0 saturated carbocycles. The molecule has 0 bridgehead atoms. The summed E-state index contributed by atoms with van der Waals surface area (Å²) in [5, 5.41) is 3.35. The first-order valence-corrected chi connectivity index (χ1v) is 3.05. The van der Waals surface area contributed by atoms with Gasteiger partial charge in [-0.25, -0.2) is 0 Å². The molecule has 1 unspecified atom stereocenters. The van der Waals surface area contributed by atoms with Crippen LogP contribution in [0.3, 0.4) is 0 Å². The predicted molar refractivity (Wildman–Crippen MR) is 31.0 cm³/mol. The molecule has 1 saturated heterocycles. The third kappa shape index (κ3) is 1.66. The number of hydrogen-bond acceptors (Lipinski definition) is 2. The van der Waals surface area contributed by atoms with Gasteiger partial charge in [-0.15, -0.1) is 0 Å². The normalized spacial score (nSPS) is 24.8. The van der Waals surface area contributed by atoms with Crippen LogP contribution in [-0.4, -0.2) is 30.6 Å². The monoisotopic (exact) mass is 182 g/mol. The lowest BCUT2D eigenvalue weighted by atomic mass is 10.2. The van der Waals surface area contributed by atoms with Crippen LogP contribution in [0.2, 0.25) is 0 Å². The Hall–Kier alpha value is -1.27. The van der Waals surface area contributed by atoms with E-state index in [0.29, 0.717) is 0 Å². The number of rotatable bonds is 0. The SMILES string of the molecule is O=C1CNC(=O)C(C(F)(F)F)N1. The molecule has 1 heterocycles. The van der Waals surface area contributed by atoms with Crippen LogP contribution >= 0.6 is 0 Å². The molecule has 7 heteroatoms. The van der Waals surface area contributed by atoms with Crippen molar-refractivity contribution in [1.82, 2.24) is 10.6 Å². The molecule has 0 aromatic carbocycles. The van der Waals surface area contributed by atoms with E-state index in [1.54, 1.807) is 0 Å². The molecular weight excluding hydrogens is 177 g/mol. The van der Waals surface area contributed by atoms with E-state index >= 15 is 0 Å². The van der Waals surface area contributed by atoms with Crippen molar-refractivity contribution >= 4 is 11.8 Å². The molecule has 4 nitrogen and oxygen atoms in total. The summed E-state index contributed by atoms with van der Waals surface area (Å²) >= 11 is 0. The van der Waals surface area contributed by atoms with E-state index in [2.05, 4.69) is 0 Å². The van der Waals surface area contributed by atoms with Crippen LogP contribution in [0.15, 0.2) is 0 Å². The van der Waals surface area contributed by atoms with Crippen molar-refractivity contribution in [2.24, 2.45) is 0 Å². The highest BCUT2D eigenvalue weighted by Crippen LogP contribution is 2.20. The minimum atomic E-state index is -4.72. The zero-order valence-corrected chi connectivity index (χ0v) is 5.73. The molecule has 0 aliphatic carbocycles. The number of nitrogens with one attached hydrogen (secondary N) is 2. The second-order valence-electron chi connectivity index (χ2n) is 2.26. The van der Waals surface area contributed by atoms with Gasteiger partial charge in [0, 0.05) is 0 Å². The van der Waals surface area contributed by atoms with Gasteiger partial charge in [0.05, 0.1) is 6.54 Å². The number of hydrogen-bond donors (Lipinski definition) is 2. The highest BCUT2D eigenvalue weighted by atomic mass is 19.4. The van der Waals surface area contributed by atoms with Crippen LogP contribution < -0.4 is 10.6 Å². The standard InChI is InChI=1S/C5H5F3N2O2/c6-5(7,8)3-4(12)9-1-2(11)10-3/h3H,1H2,(H,9,12)(H,10,11). The van der Waals surface area contributed by atoms with Gasteiger partial charge in [0.2, 0.25) is 11.9 Å². The zero-order valence-electron chi connectivity index (χ0n) is 5.73. The van der Waals surface area contributed by atoms with Gasteiger partial charge in [-0.2, -0.15) is 13.2 Å². The summed E-state index contributed by atoms with van der Waals surface area (Å²) in [7, 11) is 0. The minimum Gasteiger partial charge on any atom is -0.345 e. The number of halogens is 3. The summed E-state index contributed by atoms with van der Waals surface area (Å²) in [6.45, 7) is -0.397. The summed E-state index contributed by atoms with van der Waals surface area (Å²) in [6.07, 6.45) is -4.72. The second kappa shape index (κ2) is 2.65. The molecule has 0 aromatic rings. The number of alkyl halides is 3. The Morgan fingerprint density at radius 3 is 2.33 bits per heavy atom. The lowest BCUT2D eigenvalue weighted by Crippen LogP contribution is -2.61. The quantitative estimate of drug-likeness (QED) is 0.513. The van der Waals surface area contributed by atoms with Crippen molar-refractivity contribution in [2.45, 2.75) is 12.2 Å². The number of carbonyl (C=O) groups is 2. The molecular formula is C5H5F3N2O2. The topological polar surface area (TPSA) is 58.2 Å². The van der Waals surface area contributed by atoms with E-state index in [-0.39, 0.29) is 0 Å². The third-order valence-electron chi connectivity index (χ3n) is 1.32. The molecule has 68 valence electrons. The van der Waals surface area contributed by atoms with Crippen LogP contribution in [-0.2, 0) is 9.59 Å². The molecule has 1 rings (SSSR count). The zero-order chi connectivity index (χ0) is 9.35. The Balaban J connectivity index is 2.74. The Kier molecular flexibility index (Phi) is 1.95. The largest absolute Gasteiger partial charge is 0.417 e. The molecule has 1 fully saturated rings. The fourth-order valence-electron chi connectivity index (χ4n) is 0.778. The summed E-state index contributed by atoms with van der Waals surface area (Å²) in [5.74, 6) is -2.06. The van der Waals surface area contributed by atoms with E-state index in [4.69, 9.17) is 0 Å². The van der Waals surface area contributed by atoms with Crippen molar-refractivity contribution in [2.75, 3.05) is 6.54 Å². The third-order valence-corrected chi connectivity index (χ3v) is 1.32. The van der Waals surface area contributed by atoms with Gasteiger partial charge >= 0.3 is 6.18 Å². The number of piperazine rings is 1. The highest BCUT2D eigenvalue weighted by Gasteiger charge is 2.47. The Morgan fingerprint density at radius 2 is 1.92 bits per heavy atom. The lowest BCUT2D eigenvalue weighted by molar-refractivity contribution is -0.175. The molecule has 0 spiro atoms. The van der Waals surface area contributed by atoms with Gasteiger partial charge in [-0.1, -0.05) is 0 Å². The maximum absolute atomic E-state index is 11.9. The van der Waals surface area contributed by atoms with Crippen molar-refractivity contribution in [1.29, 1.82) is 0 Å². The van der Waals surface area contributed by atoms with Gasteiger partial charge in [0.25, 0.3) is 5.91 Å². The van der Waals surface area contributed by atoms with Crippen LogP contribution in [0.1, 0.15) is 0 Å². The van der Waals surface area contributed by atoms with Crippen molar-refractivity contribution in [3.63, 3.8) is 0 Å². The van der Waals surface area contributed by atoms with Crippen LogP contribution in [0.5, 0.6) is 0 Å². The Bertz CT molecular complexity index is 225. The number of carbonyl (C=O) groups excluding carboxylic acids is 2. The highest BCUT2D eigenvalue weighted by molar-refractivity contribution is 5.95. The van der Waals surface area contributed by atoms with Gasteiger partial charge < -0.3 is 10.6 Å². The van der Waals surface area contributed by atoms with Crippen molar-refractivity contribution < 1.29 is 22.8 Å². The van der Waals surface area contributed by atoms with Crippen molar-refractivity contribution in [3.05, 3.63) is 0 Å². The van der Waals surface area contributed by atoms with Crippen molar-refractivity contribution in [3.8, 4) is 0 Å². The first kappa shape index (κ1) is 8.82. The molecule has 1 atom stereocenters. The first-order valence-electron chi connectivity index (χ1n) is 3.05. The van der Waals surface area contributed by atoms with Gasteiger partial charge in [-0.3, -0.25) is 9.59 Å². The summed E-state index contributed by atoms with van der Waals surface area (Å²) < 4.78 is 35.7. The first-order chi connectivity index (χ1) is 5.41. The van der Waals surface area contributed by atoms with E-state index in [0.717, 1.165) is 0 Å². The average molecular weight is 182 g/mol. The van der Waals surface area contributed by atoms with E-state index < -0.39 is 30.6 Å². The van der Waals surface area contributed by atoms with Gasteiger partial charge in [-0.05, 0) is 0 Å². The Morgan fingerprint density at radius 1 is 1.33 bits per heavy atom. The fourth-order valence-corrected chi connectivity index (χ4v) is 0.778. The Labute approximate surface area is 65.1 Å². The van der Waals surface area contributed by atoms with Crippen LogP contribution in [0.4, 0.5) is 13.2 Å². The van der Waals surface area contributed by atoms with E-state index in [1.807, 2.05) is 5.32 Å². The van der Waals surface area contributed by atoms with Crippen LogP contribution in [0.25, 0.3) is 0 Å². The summed E-state index contributed by atoms with van der Waals surface area (Å²) in [5.41, 5.74) is 0.